The van der Waals surface area contributed by atoms with Crippen LogP contribution in [0, 0.1) is 0 Å². The van der Waals surface area contributed by atoms with Crippen molar-refractivity contribution in [2.24, 2.45) is 5.73 Å². The Kier molecular flexibility index (Phi) is 5.14. The molecule has 1 aliphatic heterocycles. The molecule has 1 amide bonds. The number of amides is 1. The molecule has 0 saturated carbocycles. The normalized spacial score (nSPS) is 15.4. The van der Waals surface area contributed by atoms with Crippen LogP contribution in [0.2, 0.25) is 0 Å². The van der Waals surface area contributed by atoms with Crippen LogP contribution in [0.5, 0.6) is 11.5 Å². The fourth-order valence-corrected chi connectivity index (χ4v) is 3.64. The number of allylic oxidation sites excluding steroid dienone is 1. The van der Waals surface area contributed by atoms with E-state index in [1.54, 1.807) is 18.7 Å². The summed E-state index contributed by atoms with van der Waals surface area (Å²) in [6, 6.07) is 14.5. The van der Waals surface area contributed by atoms with Gasteiger partial charge in [0.25, 0.3) is 0 Å². The molecule has 0 bridgehead atoms. The second-order valence-corrected chi connectivity index (χ2v) is 6.84. The van der Waals surface area contributed by atoms with Crippen molar-refractivity contribution >= 4 is 11.9 Å². The van der Waals surface area contributed by atoms with Gasteiger partial charge in [-0.3, -0.25) is 4.79 Å². The number of aromatic nitrogens is 3. The Hall–Kier alpha value is -3.81. The van der Waals surface area contributed by atoms with Crippen molar-refractivity contribution in [2.75, 3.05) is 19.0 Å². The molecular weight excluding hydrogens is 382 g/mol. The van der Waals surface area contributed by atoms with Crippen LogP contribution in [-0.2, 0) is 4.79 Å². The number of fused-ring (bicyclic) bond motifs is 1. The highest BCUT2D eigenvalue weighted by molar-refractivity contribution is 5.95. The molecule has 1 unspecified atom stereocenters. The maximum atomic E-state index is 12.4. The summed E-state index contributed by atoms with van der Waals surface area (Å²) in [7, 11) is 1.61. The highest BCUT2D eigenvalue weighted by Crippen LogP contribution is 2.39. The fourth-order valence-electron chi connectivity index (χ4n) is 3.64. The lowest BCUT2D eigenvalue weighted by atomic mass is 9.94. The van der Waals surface area contributed by atoms with Crippen LogP contribution in [0.4, 0.5) is 5.95 Å². The van der Waals surface area contributed by atoms with Gasteiger partial charge in [0.05, 0.1) is 19.3 Å². The topological polar surface area (TPSA) is 104 Å². The lowest BCUT2D eigenvalue weighted by Crippen LogP contribution is -2.32. The average Bonchev–Trinajstić information content (AvgIpc) is 3.17. The number of methoxy groups -OCH3 is 1. The van der Waals surface area contributed by atoms with Crippen LogP contribution >= 0.6 is 0 Å². The number of carbonyl (C=O) groups excluding carboxylic acids is 1. The highest BCUT2D eigenvalue weighted by Gasteiger charge is 2.35. The Labute approximate surface area is 174 Å². The molecule has 154 valence electrons. The zero-order valence-electron chi connectivity index (χ0n) is 17.0. The van der Waals surface area contributed by atoms with E-state index in [4.69, 9.17) is 20.3 Å². The molecule has 1 aromatic heterocycles. The van der Waals surface area contributed by atoms with E-state index < -0.39 is 11.9 Å². The maximum absolute atomic E-state index is 12.4. The zero-order chi connectivity index (χ0) is 21.3. The second kappa shape index (κ2) is 7.90. The van der Waals surface area contributed by atoms with Crippen LogP contribution in [0.15, 0.2) is 59.8 Å². The third-order valence-corrected chi connectivity index (χ3v) is 4.96. The first-order chi connectivity index (χ1) is 14.5. The molecule has 3 N–H and O–H groups in total. The minimum atomic E-state index is -0.562. The number of anilines is 1. The third kappa shape index (κ3) is 3.36. The van der Waals surface area contributed by atoms with Crippen molar-refractivity contribution in [2.45, 2.75) is 19.9 Å². The number of primary amides is 1. The first-order valence-corrected chi connectivity index (χ1v) is 9.63. The molecule has 0 radical (unpaired) electrons. The van der Waals surface area contributed by atoms with Gasteiger partial charge in [0.2, 0.25) is 11.9 Å². The van der Waals surface area contributed by atoms with E-state index in [0.29, 0.717) is 41.1 Å². The number of nitrogens with one attached hydrogen (secondary N) is 1. The standard InChI is InChI=1S/C22H23N5O3/c1-4-30-17-11-6-5-10-16(17)19-18(20(23)28)13(2)24-22-25-21(26-27(19)22)14-8-7-9-15(12-14)29-3/h5-12,19H,4H2,1-3H3,(H2,23,28)(H,24,25,26). The van der Waals surface area contributed by atoms with Crippen molar-refractivity contribution < 1.29 is 14.3 Å². The molecular formula is C22H23N5O3. The molecule has 8 heteroatoms. The van der Waals surface area contributed by atoms with Gasteiger partial charge in [-0.1, -0.05) is 30.3 Å². The molecule has 2 aromatic carbocycles. The Balaban J connectivity index is 1.89. The number of hydrogen-bond donors (Lipinski definition) is 2. The van der Waals surface area contributed by atoms with Crippen LogP contribution in [0.3, 0.4) is 0 Å². The molecule has 1 atom stereocenters. The van der Waals surface area contributed by atoms with Gasteiger partial charge in [-0.05, 0) is 32.0 Å². The average molecular weight is 405 g/mol. The molecule has 3 aromatic rings. The smallest absolute Gasteiger partial charge is 0.248 e. The molecule has 30 heavy (non-hydrogen) atoms. The molecule has 2 heterocycles. The molecule has 1 aliphatic rings. The summed E-state index contributed by atoms with van der Waals surface area (Å²) in [6.07, 6.45) is 0. The predicted octanol–water partition coefficient (Wildman–Crippen LogP) is 3.13. The molecule has 4 rings (SSSR count). The zero-order valence-corrected chi connectivity index (χ0v) is 17.0. The second-order valence-electron chi connectivity index (χ2n) is 6.84. The Morgan fingerprint density at radius 2 is 2.03 bits per heavy atom. The first-order valence-electron chi connectivity index (χ1n) is 9.63. The lowest BCUT2D eigenvalue weighted by Gasteiger charge is -2.28. The van der Waals surface area contributed by atoms with Gasteiger partial charge in [-0.2, -0.15) is 4.98 Å². The van der Waals surface area contributed by atoms with Crippen LogP contribution in [0.25, 0.3) is 11.4 Å². The van der Waals surface area contributed by atoms with Crippen molar-refractivity contribution in [3.05, 3.63) is 65.4 Å². The van der Waals surface area contributed by atoms with Gasteiger partial charge in [0, 0.05) is 16.8 Å². The van der Waals surface area contributed by atoms with Crippen molar-refractivity contribution in [3.8, 4) is 22.9 Å². The predicted molar refractivity (Wildman–Crippen MR) is 113 cm³/mol. The summed E-state index contributed by atoms with van der Waals surface area (Å²) >= 11 is 0. The van der Waals surface area contributed by atoms with E-state index in [9.17, 15) is 4.79 Å². The van der Waals surface area contributed by atoms with Gasteiger partial charge in [-0.25, -0.2) is 4.68 Å². The van der Waals surface area contributed by atoms with Gasteiger partial charge in [0.1, 0.15) is 17.5 Å². The molecule has 0 spiro atoms. The maximum Gasteiger partial charge on any atom is 0.248 e. The van der Waals surface area contributed by atoms with Gasteiger partial charge >= 0.3 is 0 Å². The summed E-state index contributed by atoms with van der Waals surface area (Å²) in [5.41, 5.74) is 8.40. The SMILES string of the molecule is CCOc1ccccc1C1C(C(N)=O)=C(C)Nc2nc(-c3cccc(OC)c3)nn21. The Morgan fingerprint density at radius 3 is 2.77 bits per heavy atom. The summed E-state index contributed by atoms with van der Waals surface area (Å²) in [4.78, 5) is 17.0. The van der Waals surface area contributed by atoms with E-state index in [-0.39, 0.29) is 0 Å². The largest absolute Gasteiger partial charge is 0.497 e. The third-order valence-electron chi connectivity index (χ3n) is 4.96. The molecule has 0 aliphatic carbocycles. The summed E-state index contributed by atoms with van der Waals surface area (Å²) in [5, 5.41) is 7.87. The first kappa shape index (κ1) is 19.5. The number of carbonyl (C=O) groups is 1. The highest BCUT2D eigenvalue weighted by atomic mass is 16.5. The number of ether oxygens (including phenoxy) is 2. The summed E-state index contributed by atoms with van der Waals surface area (Å²) < 4.78 is 12.8. The van der Waals surface area contributed by atoms with E-state index in [0.717, 1.165) is 11.1 Å². The van der Waals surface area contributed by atoms with E-state index in [1.165, 1.54) is 0 Å². The lowest BCUT2D eigenvalue weighted by molar-refractivity contribution is -0.115. The monoisotopic (exact) mass is 405 g/mol. The molecule has 8 nitrogen and oxygen atoms in total. The number of nitrogens with two attached hydrogens (primary N) is 1. The van der Waals surface area contributed by atoms with Crippen molar-refractivity contribution in [1.82, 2.24) is 14.8 Å². The molecule has 0 saturated heterocycles. The minimum Gasteiger partial charge on any atom is -0.497 e. The minimum absolute atomic E-state index is 0.414. The van der Waals surface area contributed by atoms with Crippen LogP contribution < -0.4 is 20.5 Å². The number of para-hydroxylation sites is 1. The van der Waals surface area contributed by atoms with Gasteiger partial charge < -0.3 is 20.5 Å². The number of rotatable bonds is 6. The summed E-state index contributed by atoms with van der Waals surface area (Å²) in [5.74, 6) is 1.88. The Bertz CT molecular complexity index is 1140. The van der Waals surface area contributed by atoms with Crippen LogP contribution in [-0.4, -0.2) is 34.4 Å². The quantitative estimate of drug-likeness (QED) is 0.653. The van der Waals surface area contributed by atoms with Gasteiger partial charge in [-0.15, -0.1) is 5.10 Å². The van der Waals surface area contributed by atoms with E-state index >= 15 is 0 Å². The number of benzene rings is 2. The van der Waals surface area contributed by atoms with Crippen LogP contribution in [0.1, 0.15) is 25.5 Å². The Morgan fingerprint density at radius 1 is 1.23 bits per heavy atom. The van der Waals surface area contributed by atoms with E-state index in [2.05, 4.69) is 10.3 Å². The van der Waals surface area contributed by atoms with Crippen molar-refractivity contribution in [3.63, 3.8) is 0 Å². The summed E-state index contributed by atoms with van der Waals surface area (Å²) in [6.45, 7) is 4.22. The fraction of sp³-hybridized carbons (Fsp3) is 0.227. The number of nitrogens with zero attached hydrogens (tertiary/aromatic N) is 3. The molecule has 0 fully saturated rings. The van der Waals surface area contributed by atoms with Gasteiger partial charge in [0.15, 0.2) is 5.82 Å². The number of hydrogen-bond acceptors (Lipinski definition) is 6. The van der Waals surface area contributed by atoms with E-state index in [1.807, 2.05) is 55.5 Å². The van der Waals surface area contributed by atoms with Crippen molar-refractivity contribution in [1.29, 1.82) is 0 Å².